The molecule has 0 bridgehead atoms. The van der Waals surface area contributed by atoms with Gasteiger partial charge in [-0.15, -0.1) is 0 Å². The second kappa shape index (κ2) is 6.04. The Bertz CT molecular complexity index is 873. The van der Waals surface area contributed by atoms with Crippen LogP contribution in [0.15, 0.2) is 42.6 Å². The van der Waals surface area contributed by atoms with E-state index in [-0.39, 0.29) is 6.42 Å². The van der Waals surface area contributed by atoms with E-state index in [0.29, 0.717) is 5.56 Å². The molecule has 0 aliphatic heterocycles. The lowest BCUT2D eigenvalue weighted by Crippen LogP contribution is -2.00. The van der Waals surface area contributed by atoms with Crippen LogP contribution >= 0.6 is 0 Å². The monoisotopic (exact) mass is 308 g/mol. The molecular weight excluding hydrogens is 292 g/mol. The zero-order valence-electron chi connectivity index (χ0n) is 12.9. The summed E-state index contributed by atoms with van der Waals surface area (Å²) in [5.74, 6) is -0.149. The lowest BCUT2D eigenvalue weighted by Gasteiger charge is -2.10. The SMILES string of the molecule is COc1ccc(-c2ccc(CC(=O)O)cn2)c2ccc(C)nc12. The Kier molecular flexibility index (Phi) is 3.93. The Hall–Kier alpha value is -2.95. The van der Waals surface area contributed by atoms with Crippen LogP contribution in [0.3, 0.4) is 0 Å². The van der Waals surface area contributed by atoms with Crippen molar-refractivity contribution in [2.75, 3.05) is 7.11 Å². The van der Waals surface area contributed by atoms with Gasteiger partial charge >= 0.3 is 5.97 Å². The number of fused-ring (bicyclic) bond motifs is 1. The molecule has 3 rings (SSSR count). The number of nitrogens with zero attached hydrogens (tertiary/aromatic N) is 2. The number of methoxy groups -OCH3 is 1. The fourth-order valence-electron chi connectivity index (χ4n) is 2.54. The van der Waals surface area contributed by atoms with Gasteiger partial charge in [-0.05, 0) is 36.8 Å². The largest absolute Gasteiger partial charge is 0.494 e. The molecule has 0 fully saturated rings. The molecule has 0 spiro atoms. The van der Waals surface area contributed by atoms with Crippen LogP contribution in [-0.4, -0.2) is 28.2 Å². The van der Waals surface area contributed by atoms with Gasteiger partial charge in [0.05, 0.1) is 19.2 Å². The minimum Gasteiger partial charge on any atom is -0.494 e. The van der Waals surface area contributed by atoms with Crippen LogP contribution in [0, 0.1) is 6.92 Å². The summed E-state index contributed by atoms with van der Waals surface area (Å²) in [4.78, 5) is 19.7. The summed E-state index contributed by atoms with van der Waals surface area (Å²) in [6.07, 6.45) is 1.57. The van der Waals surface area contributed by atoms with E-state index in [1.54, 1.807) is 19.4 Å². The topological polar surface area (TPSA) is 72.3 Å². The highest BCUT2D eigenvalue weighted by Crippen LogP contribution is 2.32. The number of carboxylic acid groups (broad SMARTS) is 1. The summed E-state index contributed by atoms with van der Waals surface area (Å²) >= 11 is 0. The molecule has 0 saturated carbocycles. The highest BCUT2D eigenvalue weighted by Gasteiger charge is 2.11. The summed E-state index contributed by atoms with van der Waals surface area (Å²) in [5, 5.41) is 9.78. The van der Waals surface area contributed by atoms with E-state index in [0.717, 1.165) is 33.6 Å². The molecule has 0 amide bonds. The van der Waals surface area contributed by atoms with E-state index in [2.05, 4.69) is 9.97 Å². The van der Waals surface area contributed by atoms with Gasteiger partial charge in [0, 0.05) is 22.8 Å². The number of pyridine rings is 2. The van der Waals surface area contributed by atoms with Gasteiger partial charge in [-0.3, -0.25) is 9.78 Å². The average molecular weight is 308 g/mol. The molecule has 5 nitrogen and oxygen atoms in total. The number of hydrogen-bond donors (Lipinski definition) is 1. The Morgan fingerprint density at radius 1 is 1.17 bits per heavy atom. The van der Waals surface area contributed by atoms with Crippen molar-refractivity contribution in [3.8, 4) is 17.0 Å². The van der Waals surface area contributed by atoms with Crippen LogP contribution in [0.2, 0.25) is 0 Å². The molecule has 0 aliphatic carbocycles. The molecule has 5 heteroatoms. The van der Waals surface area contributed by atoms with Crippen LogP contribution in [0.25, 0.3) is 22.2 Å². The zero-order valence-corrected chi connectivity index (χ0v) is 12.9. The fraction of sp³-hybridized carbons (Fsp3) is 0.167. The van der Waals surface area contributed by atoms with E-state index < -0.39 is 5.97 Å². The van der Waals surface area contributed by atoms with E-state index in [9.17, 15) is 4.79 Å². The van der Waals surface area contributed by atoms with Gasteiger partial charge < -0.3 is 9.84 Å². The maximum absolute atomic E-state index is 10.8. The molecule has 1 aromatic carbocycles. The molecule has 0 atom stereocenters. The van der Waals surface area contributed by atoms with Crippen LogP contribution < -0.4 is 4.74 Å². The number of aromatic nitrogens is 2. The smallest absolute Gasteiger partial charge is 0.307 e. The average Bonchev–Trinajstić information content (AvgIpc) is 2.54. The molecule has 3 aromatic rings. The third-order valence-electron chi connectivity index (χ3n) is 3.64. The first kappa shape index (κ1) is 15.0. The van der Waals surface area contributed by atoms with Crippen molar-refractivity contribution in [3.05, 3.63) is 53.9 Å². The first-order valence-electron chi connectivity index (χ1n) is 7.20. The molecule has 0 saturated heterocycles. The minimum atomic E-state index is -0.867. The molecule has 23 heavy (non-hydrogen) atoms. The molecule has 0 unspecified atom stereocenters. The van der Waals surface area contributed by atoms with Crippen molar-refractivity contribution in [2.24, 2.45) is 0 Å². The van der Waals surface area contributed by atoms with Crippen molar-refractivity contribution >= 4 is 16.9 Å². The van der Waals surface area contributed by atoms with Crippen LogP contribution in [0.4, 0.5) is 0 Å². The molecular formula is C18H16N2O3. The second-order valence-corrected chi connectivity index (χ2v) is 5.29. The van der Waals surface area contributed by atoms with Gasteiger partial charge in [-0.25, -0.2) is 4.98 Å². The lowest BCUT2D eigenvalue weighted by atomic mass is 10.0. The van der Waals surface area contributed by atoms with E-state index in [1.807, 2.05) is 37.3 Å². The van der Waals surface area contributed by atoms with E-state index in [1.165, 1.54) is 0 Å². The highest BCUT2D eigenvalue weighted by molar-refractivity contribution is 5.97. The maximum Gasteiger partial charge on any atom is 0.307 e. The predicted octanol–water partition coefficient (Wildman–Crippen LogP) is 3.24. The van der Waals surface area contributed by atoms with Gasteiger partial charge in [0.25, 0.3) is 0 Å². The molecule has 0 aliphatic rings. The summed E-state index contributed by atoms with van der Waals surface area (Å²) in [6, 6.07) is 11.4. The third kappa shape index (κ3) is 2.99. The van der Waals surface area contributed by atoms with Gasteiger partial charge in [0.2, 0.25) is 0 Å². The molecule has 116 valence electrons. The first-order chi connectivity index (χ1) is 11.1. The van der Waals surface area contributed by atoms with Crippen molar-refractivity contribution in [1.82, 2.24) is 9.97 Å². The number of aliphatic carboxylic acids is 1. The Morgan fingerprint density at radius 3 is 2.65 bits per heavy atom. The maximum atomic E-state index is 10.8. The Balaban J connectivity index is 2.11. The number of rotatable bonds is 4. The molecule has 2 aromatic heterocycles. The van der Waals surface area contributed by atoms with Gasteiger partial charge in [-0.1, -0.05) is 12.1 Å². The number of hydrogen-bond acceptors (Lipinski definition) is 4. The third-order valence-corrected chi connectivity index (χ3v) is 3.64. The van der Waals surface area contributed by atoms with E-state index >= 15 is 0 Å². The zero-order chi connectivity index (χ0) is 16.4. The molecule has 0 radical (unpaired) electrons. The summed E-state index contributed by atoms with van der Waals surface area (Å²) in [5.41, 5.74) is 4.10. The fourth-order valence-corrected chi connectivity index (χ4v) is 2.54. The number of benzene rings is 1. The van der Waals surface area contributed by atoms with Crippen LogP contribution in [-0.2, 0) is 11.2 Å². The summed E-state index contributed by atoms with van der Waals surface area (Å²) in [7, 11) is 1.62. The Morgan fingerprint density at radius 2 is 2.00 bits per heavy atom. The van der Waals surface area contributed by atoms with Gasteiger partial charge in [0.1, 0.15) is 11.3 Å². The van der Waals surface area contributed by atoms with Gasteiger partial charge in [-0.2, -0.15) is 0 Å². The normalized spacial score (nSPS) is 10.7. The van der Waals surface area contributed by atoms with Crippen molar-refractivity contribution in [3.63, 3.8) is 0 Å². The molecule has 1 N–H and O–H groups in total. The number of ether oxygens (including phenoxy) is 1. The van der Waals surface area contributed by atoms with Crippen LogP contribution in [0.5, 0.6) is 5.75 Å². The van der Waals surface area contributed by atoms with Crippen molar-refractivity contribution < 1.29 is 14.6 Å². The Labute approximate surface area is 133 Å². The van der Waals surface area contributed by atoms with Gasteiger partial charge in [0.15, 0.2) is 0 Å². The quantitative estimate of drug-likeness (QED) is 0.801. The van der Waals surface area contributed by atoms with Crippen LogP contribution in [0.1, 0.15) is 11.3 Å². The summed E-state index contributed by atoms with van der Waals surface area (Å²) < 4.78 is 5.39. The number of aryl methyl sites for hydroxylation is 1. The predicted molar refractivity (Wildman–Crippen MR) is 87.6 cm³/mol. The van der Waals surface area contributed by atoms with E-state index in [4.69, 9.17) is 9.84 Å². The number of carbonyl (C=O) groups is 1. The number of carboxylic acids is 1. The molecule has 2 heterocycles. The highest BCUT2D eigenvalue weighted by atomic mass is 16.5. The summed E-state index contributed by atoms with van der Waals surface area (Å²) in [6.45, 7) is 1.94. The second-order valence-electron chi connectivity index (χ2n) is 5.29. The standard InChI is InChI=1S/C18H16N2O3/c1-11-3-5-14-13(6-8-16(23-2)18(14)20-11)15-7-4-12(10-19-15)9-17(21)22/h3-8,10H,9H2,1-2H3,(H,21,22). The lowest BCUT2D eigenvalue weighted by molar-refractivity contribution is -0.136. The minimum absolute atomic E-state index is 0.0304. The first-order valence-corrected chi connectivity index (χ1v) is 7.20. The van der Waals surface area contributed by atoms with Crippen molar-refractivity contribution in [2.45, 2.75) is 13.3 Å². The van der Waals surface area contributed by atoms with Crippen molar-refractivity contribution in [1.29, 1.82) is 0 Å².